The Labute approximate surface area is 64.0 Å². The molecule has 62 valence electrons. The summed E-state index contributed by atoms with van der Waals surface area (Å²) in [7, 11) is 1.74. The lowest BCUT2D eigenvalue weighted by Crippen LogP contribution is -2.40. The first-order valence-electron chi connectivity index (χ1n) is 3.86. The monoisotopic (exact) mass is 145 g/mol. The van der Waals surface area contributed by atoms with Gasteiger partial charge in [-0.1, -0.05) is 13.8 Å². The van der Waals surface area contributed by atoms with Crippen molar-refractivity contribution in [1.82, 2.24) is 5.32 Å². The lowest BCUT2D eigenvalue weighted by atomic mass is 10.2. The van der Waals surface area contributed by atoms with E-state index in [1.165, 1.54) is 0 Å². The van der Waals surface area contributed by atoms with Gasteiger partial charge in [0.1, 0.15) is 0 Å². The van der Waals surface area contributed by atoms with Crippen molar-refractivity contribution >= 4 is 0 Å². The van der Waals surface area contributed by atoms with E-state index in [2.05, 4.69) is 33.0 Å². The molecular weight excluding hydrogens is 126 g/mol. The van der Waals surface area contributed by atoms with Crippen molar-refractivity contribution in [2.45, 2.75) is 45.9 Å². The lowest BCUT2D eigenvalue weighted by molar-refractivity contribution is 0.0860. The highest BCUT2D eigenvalue weighted by Crippen LogP contribution is 1.96. The van der Waals surface area contributed by atoms with Crippen LogP contribution in [0.3, 0.4) is 0 Å². The zero-order chi connectivity index (χ0) is 8.15. The summed E-state index contributed by atoms with van der Waals surface area (Å²) in [6.45, 7) is 8.48. The Bertz CT molecular complexity index is 83.3. The number of ether oxygens (including phenoxy) is 1. The SMILES string of the molecule is COC(C)[C@@H](C)NC(C)C. The number of rotatable bonds is 4. The van der Waals surface area contributed by atoms with E-state index in [1.807, 2.05) is 0 Å². The van der Waals surface area contributed by atoms with Gasteiger partial charge >= 0.3 is 0 Å². The molecule has 0 saturated heterocycles. The lowest BCUT2D eigenvalue weighted by Gasteiger charge is -2.21. The predicted octanol–water partition coefficient (Wildman–Crippen LogP) is 1.41. The third kappa shape index (κ3) is 3.85. The van der Waals surface area contributed by atoms with Crippen molar-refractivity contribution in [3.8, 4) is 0 Å². The average Bonchev–Trinajstić information content (AvgIpc) is 1.85. The maximum Gasteiger partial charge on any atom is 0.0693 e. The Morgan fingerprint density at radius 3 is 1.90 bits per heavy atom. The number of hydrogen-bond acceptors (Lipinski definition) is 2. The van der Waals surface area contributed by atoms with Gasteiger partial charge in [-0.25, -0.2) is 0 Å². The molecule has 0 aromatic heterocycles. The van der Waals surface area contributed by atoms with Crippen LogP contribution in [0.25, 0.3) is 0 Å². The minimum atomic E-state index is 0.294. The van der Waals surface area contributed by atoms with Gasteiger partial charge in [0.05, 0.1) is 6.10 Å². The van der Waals surface area contributed by atoms with E-state index < -0.39 is 0 Å². The van der Waals surface area contributed by atoms with E-state index in [9.17, 15) is 0 Å². The van der Waals surface area contributed by atoms with E-state index in [0.29, 0.717) is 18.2 Å². The van der Waals surface area contributed by atoms with Crippen LogP contribution in [0.15, 0.2) is 0 Å². The van der Waals surface area contributed by atoms with E-state index in [-0.39, 0.29) is 0 Å². The second-order valence-corrected chi connectivity index (χ2v) is 3.05. The smallest absolute Gasteiger partial charge is 0.0693 e. The summed E-state index contributed by atoms with van der Waals surface area (Å²) in [6.07, 6.45) is 0.294. The van der Waals surface area contributed by atoms with Crippen molar-refractivity contribution in [2.75, 3.05) is 7.11 Å². The summed E-state index contributed by atoms with van der Waals surface area (Å²) in [6, 6.07) is 0.970. The van der Waals surface area contributed by atoms with E-state index >= 15 is 0 Å². The molecule has 0 radical (unpaired) electrons. The Morgan fingerprint density at radius 1 is 1.10 bits per heavy atom. The molecule has 0 saturated carbocycles. The molecule has 2 nitrogen and oxygen atoms in total. The number of hydrogen-bond donors (Lipinski definition) is 1. The van der Waals surface area contributed by atoms with Gasteiger partial charge in [-0.05, 0) is 13.8 Å². The van der Waals surface area contributed by atoms with Crippen LogP contribution in [0, 0.1) is 0 Å². The highest BCUT2D eigenvalue weighted by Gasteiger charge is 2.10. The van der Waals surface area contributed by atoms with Crippen LogP contribution < -0.4 is 5.32 Å². The van der Waals surface area contributed by atoms with Crippen LogP contribution in [0.4, 0.5) is 0 Å². The quantitative estimate of drug-likeness (QED) is 0.645. The fourth-order valence-corrected chi connectivity index (χ4v) is 0.865. The molecule has 0 aromatic carbocycles. The van der Waals surface area contributed by atoms with Gasteiger partial charge in [-0.3, -0.25) is 0 Å². The molecule has 0 aromatic rings. The molecule has 1 N–H and O–H groups in total. The minimum Gasteiger partial charge on any atom is -0.380 e. The van der Waals surface area contributed by atoms with E-state index in [1.54, 1.807) is 7.11 Å². The summed E-state index contributed by atoms with van der Waals surface area (Å²) in [4.78, 5) is 0. The van der Waals surface area contributed by atoms with E-state index in [4.69, 9.17) is 4.74 Å². The normalized spacial score (nSPS) is 17.4. The van der Waals surface area contributed by atoms with Crippen molar-refractivity contribution in [2.24, 2.45) is 0 Å². The third-order valence-electron chi connectivity index (χ3n) is 1.67. The van der Waals surface area contributed by atoms with Gasteiger partial charge in [0.2, 0.25) is 0 Å². The molecule has 0 rings (SSSR count). The molecule has 0 aliphatic heterocycles. The van der Waals surface area contributed by atoms with Crippen molar-refractivity contribution in [1.29, 1.82) is 0 Å². The third-order valence-corrected chi connectivity index (χ3v) is 1.67. The van der Waals surface area contributed by atoms with Gasteiger partial charge in [-0.2, -0.15) is 0 Å². The topological polar surface area (TPSA) is 21.3 Å². The Kier molecular flexibility index (Phi) is 4.65. The highest BCUT2D eigenvalue weighted by atomic mass is 16.5. The van der Waals surface area contributed by atoms with E-state index in [0.717, 1.165) is 0 Å². The standard InChI is InChI=1S/C8H19NO/c1-6(2)9-7(3)8(4)10-5/h6-9H,1-5H3/t7-,8?/m1/s1. The van der Waals surface area contributed by atoms with Gasteiger partial charge < -0.3 is 10.1 Å². The molecule has 1 unspecified atom stereocenters. The molecule has 0 spiro atoms. The number of methoxy groups -OCH3 is 1. The summed E-state index contributed by atoms with van der Waals surface area (Å²) in [5, 5.41) is 3.37. The summed E-state index contributed by atoms with van der Waals surface area (Å²) in [5.41, 5.74) is 0. The molecule has 0 aliphatic rings. The maximum atomic E-state index is 5.15. The van der Waals surface area contributed by atoms with Crippen molar-refractivity contribution in [3.05, 3.63) is 0 Å². The molecule has 10 heavy (non-hydrogen) atoms. The zero-order valence-electron chi connectivity index (χ0n) is 7.64. The first-order valence-corrected chi connectivity index (χ1v) is 3.86. The molecule has 0 amide bonds. The van der Waals surface area contributed by atoms with Crippen LogP contribution in [-0.2, 0) is 4.74 Å². The predicted molar refractivity (Wildman–Crippen MR) is 44.2 cm³/mol. The molecule has 0 bridgehead atoms. The fourth-order valence-electron chi connectivity index (χ4n) is 0.865. The van der Waals surface area contributed by atoms with Gasteiger partial charge in [-0.15, -0.1) is 0 Å². The molecule has 0 heterocycles. The second kappa shape index (κ2) is 4.69. The summed E-state index contributed by atoms with van der Waals surface area (Å²) in [5.74, 6) is 0. The summed E-state index contributed by atoms with van der Waals surface area (Å²) >= 11 is 0. The second-order valence-electron chi connectivity index (χ2n) is 3.05. The molecule has 2 atom stereocenters. The summed E-state index contributed by atoms with van der Waals surface area (Å²) < 4.78 is 5.15. The van der Waals surface area contributed by atoms with Gasteiger partial charge in [0, 0.05) is 19.2 Å². The van der Waals surface area contributed by atoms with Crippen LogP contribution in [0.1, 0.15) is 27.7 Å². The molecule has 2 heteroatoms. The average molecular weight is 145 g/mol. The first-order chi connectivity index (χ1) is 4.57. The molecule has 0 fully saturated rings. The van der Waals surface area contributed by atoms with Gasteiger partial charge in [0.25, 0.3) is 0 Å². The van der Waals surface area contributed by atoms with Gasteiger partial charge in [0.15, 0.2) is 0 Å². The van der Waals surface area contributed by atoms with Crippen molar-refractivity contribution < 1.29 is 4.74 Å². The van der Waals surface area contributed by atoms with Crippen LogP contribution in [0.2, 0.25) is 0 Å². The Balaban J connectivity index is 3.50. The number of nitrogens with one attached hydrogen (secondary N) is 1. The van der Waals surface area contributed by atoms with Crippen molar-refractivity contribution in [3.63, 3.8) is 0 Å². The largest absolute Gasteiger partial charge is 0.380 e. The van der Waals surface area contributed by atoms with Crippen LogP contribution in [-0.4, -0.2) is 25.3 Å². The minimum absolute atomic E-state index is 0.294. The first kappa shape index (κ1) is 9.92. The Hall–Kier alpha value is -0.0800. The maximum absolute atomic E-state index is 5.15. The highest BCUT2D eigenvalue weighted by molar-refractivity contribution is 4.69. The zero-order valence-corrected chi connectivity index (χ0v) is 7.64. The fraction of sp³-hybridized carbons (Fsp3) is 1.00. The molecular formula is C8H19NO. The van der Waals surface area contributed by atoms with Crippen LogP contribution >= 0.6 is 0 Å². The Morgan fingerprint density at radius 2 is 1.60 bits per heavy atom. The van der Waals surface area contributed by atoms with Crippen LogP contribution in [0.5, 0.6) is 0 Å². The molecule has 0 aliphatic carbocycles.